The van der Waals surface area contributed by atoms with Crippen molar-refractivity contribution >= 4 is 5.97 Å². The number of hydrogen-bond donors (Lipinski definition) is 1. The third kappa shape index (κ3) is 14.5. The second-order valence-corrected chi connectivity index (χ2v) is 7.23. The molecule has 5 nitrogen and oxygen atoms in total. The van der Waals surface area contributed by atoms with E-state index < -0.39 is 5.97 Å². The Bertz CT molecular complexity index is 322. The predicted octanol–water partition coefficient (Wildman–Crippen LogP) is 5.21. The smallest absolute Gasteiger partial charge is 0.303 e. The second-order valence-electron chi connectivity index (χ2n) is 7.23. The van der Waals surface area contributed by atoms with Crippen LogP contribution >= 0.6 is 0 Å². The summed E-state index contributed by atoms with van der Waals surface area (Å²) in [6.45, 7) is 2.23. The van der Waals surface area contributed by atoms with E-state index in [1.807, 2.05) is 0 Å². The van der Waals surface area contributed by atoms with Crippen LogP contribution in [0.15, 0.2) is 0 Å². The number of carboxylic acids is 1. The summed E-state index contributed by atoms with van der Waals surface area (Å²) in [6, 6.07) is 0. The van der Waals surface area contributed by atoms with Crippen LogP contribution in [0.25, 0.3) is 0 Å². The third-order valence-corrected chi connectivity index (χ3v) is 5.13. The van der Waals surface area contributed by atoms with Crippen LogP contribution in [0.2, 0.25) is 0 Å². The van der Waals surface area contributed by atoms with E-state index in [1.54, 1.807) is 21.3 Å². The molecule has 1 N–H and O–H groups in total. The molecule has 0 saturated carbocycles. The molecule has 0 saturated heterocycles. The van der Waals surface area contributed by atoms with Gasteiger partial charge in [-0.15, -0.1) is 0 Å². The second kappa shape index (κ2) is 17.7. The fraction of sp³-hybridized carbons (Fsp3) is 0.952. The van der Waals surface area contributed by atoms with Gasteiger partial charge in [0.25, 0.3) is 0 Å². The Labute approximate surface area is 160 Å². The highest BCUT2D eigenvalue weighted by Crippen LogP contribution is 2.20. The molecule has 0 heterocycles. The summed E-state index contributed by atoms with van der Waals surface area (Å²) in [5.74, 6) is -0.710. The number of rotatable bonds is 19. The van der Waals surface area contributed by atoms with Gasteiger partial charge < -0.3 is 19.3 Å². The zero-order valence-corrected chi connectivity index (χ0v) is 17.5. The number of unbranched alkanes of at least 4 members (excludes halogenated alkanes) is 5. The van der Waals surface area contributed by atoms with Crippen LogP contribution in [0.3, 0.4) is 0 Å². The Morgan fingerprint density at radius 2 is 1.23 bits per heavy atom. The molecule has 0 aromatic carbocycles. The minimum atomic E-state index is -0.710. The summed E-state index contributed by atoms with van der Waals surface area (Å²) < 4.78 is 16.9. The highest BCUT2D eigenvalue weighted by Gasteiger charge is 2.18. The largest absolute Gasteiger partial charge is 0.481 e. The van der Waals surface area contributed by atoms with Gasteiger partial charge in [-0.05, 0) is 38.5 Å². The van der Waals surface area contributed by atoms with Crippen LogP contribution in [0.4, 0.5) is 0 Å². The lowest BCUT2D eigenvalue weighted by atomic mass is 9.98. The fourth-order valence-electron chi connectivity index (χ4n) is 3.33. The maximum absolute atomic E-state index is 10.5. The summed E-state index contributed by atoms with van der Waals surface area (Å²) in [4.78, 5) is 10.5. The number of carbonyl (C=O) groups is 1. The van der Waals surface area contributed by atoms with Crippen LogP contribution in [0, 0.1) is 0 Å². The molecule has 0 aromatic heterocycles. The molecule has 0 fully saturated rings. The van der Waals surface area contributed by atoms with E-state index in [-0.39, 0.29) is 24.7 Å². The van der Waals surface area contributed by atoms with Gasteiger partial charge in [0.05, 0.1) is 18.3 Å². The Balaban J connectivity index is 4.03. The Morgan fingerprint density at radius 3 is 1.77 bits per heavy atom. The van der Waals surface area contributed by atoms with Crippen molar-refractivity contribution in [2.75, 3.05) is 21.3 Å². The Hall–Kier alpha value is -0.650. The lowest BCUT2D eigenvalue weighted by molar-refractivity contribution is -0.137. The SMILES string of the molecule is CCCCCCC(CC(CCC(CCCCCC(=O)O)OC)OC)OC. The maximum Gasteiger partial charge on any atom is 0.303 e. The van der Waals surface area contributed by atoms with E-state index in [9.17, 15) is 4.79 Å². The molecule has 0 aromatic rings. The maximum atomic E-state index is 10.5. The Kier molecular flexibility index (Phi) is 17.3. The molecule has 0 aliphatic heterocycles. The molecular weight excluding hydrogens is 332 g/mol. The number of hydrogen-bond acceptors (Lipinski definition) is 4. The zero-order chi connectivity index (χ0) is 19.6. The number of aliphatic carboxylic acids is 1. The molecule has 5 heteroatoms. The van der Waals surface area contributed by atoms with Crippen molar-refractivity contribution in [2.45, 2.75) is 109 Å². The standard InChI is InChI=1S/C21H42O5/c1-5-6-7-9-13-19(25-3)17-20(26-4)16-15-18(24-2)12-10-8-11-14-21(22)23/h18-20H,5-17H2,1-4H3,(H,22,23). The first-order chi connectivity index (χ1) is 12.6. The van der Waals surface area contributed by atoms with Crippen molar-refractivity contribution in [3.8, 4) is 0 Å². The average molecular weight is 375 g/mol. The molecule has 0 radical (unpaired) electrons. The first kappa shape index (κ1) is 25.4. The van der Waals surface area contributed by atoms with Crippen molar-refractivity contribution < 1.29 is 24.1 Å². The van der Waals surface area contributed by atoms with Gasteiger partial charge in [-0.2, -0.15) is 0 Å². The van der Waals surface area contributed by atoms with Crippen molar-refractivity contribution in [3.05, 3.63) is 0 Å². The number of methoxy groups -OCH3 is 3. The van der Waals surface area contributed by atoms with Gasteiger partial charge in [-0.25, -0.2) is 0 Å². The molecule has 0 bridgehead atoms. The zero-order valence-electron chi connectivity index (χ0n) is 17.5. The van der Waals surface area contributed by atoms with Crippen molar-refractivity contribution in [3.63, 3.8) is 0 Å². The normalized spacial score (nSPS) is 14.9. The number of ether oxygens (including phenoxy) is 3. The average Bonchev–Trinajstić information content (AvgIpc) is 2.64. The van der Waals surface area contributed by atoms with Gasteiger partial charge in [-0.1, -0.05) is 45.4 Å². The van der Waals surface area contributed by atoms with Crippen LogP contribution in [-0.2, 0) is 19.0 Å². The molecule has 0 aliphatic rings. The van der Waals surface area contributed by atoms with E-state index in [1.165, 1.54) is 25.7 Å². The van der Waals surface area contributed by atoms with E-state index in [0.717, 1.165) is 51.4 Å². The summed E-state index contributed by atoms with van der Waals surface area (Å²) >= 11 is 0. The highest BCUT2D eigenvalue weighted by molar-refractivity contribution is 5.66. The lowest BCUT2D eigenvalue weighted by Gasteiger charge is -2.24. The first-order valence-electron chi connectivity index (χ1n) is 10.4. The molecule has 0 rings (SSSR count). The van der Waals surface area contributed by atoms with Gasteiger partial charge in [-0.3, -0.25) is 4.79 Å². The van der Waals surface area contributed by atoms with E-state index >= 15 is 0 Å². The lowest BCUT2D eigenvalue weighted by Crippen LogP contribution is -2.23. The minimum Gasteiger partial charge on any atom is -0.481 e. The summed E-state index contributed by atoms with van der Waals surface area (Å²) in [6.07, 6.45) is 13.7. The van der Waals surface area contributed by atoms with E-state index in [0.29, 0.717) is 0 Å². The first-order valence-corrected chi connectivity index (χ1v) is 10.4. The molecule has 3 atom stereocenters. The quantitative estimate of drug-likeness (QED) is 0.315. The predicted molar refractivity (Wildman–Crippen MR) is 106 cm³/mol. The third-order valence-electron chi connectivity index (χ3n) is 5.13. The molecule has 0 amide bonds. The summed E-state index contributed by atoms with van der Waals surface area (Å²) in [5, 5.41) is 8.66. The topological polar surface area (TPSA) is 65.0 Å². The summed E-state index contributed by atoms with van der Waals surface area (Å²) in [5.41, 5.74) is 0. The summed E-state index contributed by atoms with van der Waals surface area (Å²) in [7, 11) is 5.34. The van der Waals surface area contributed by atoms with Gasteiger partial charge in [0.15, 0.2) is 0 Å². The van der Waals surface area contributed by atoms with Gasteiger partial charge in [0, 0.05) is 27.8 Å². The molecule has 0 spiro atoms. The molecule has 0 aliphatic carbocycles. The van der Waals surface area contributed by atoms with Crippen molar-refractivity contribution in [2.24, 2.45) is 0 Å². The molecule has 156 valence electrons. The minimum absolute atomic E-state index is 0.204. The fourth-order valence-corrected chi connectivity index (χ4v) is 3.33. The van der Waals surface area contributed by atoms with Gasteiger partial charge >= 0.3 is 5.97 Å². The molecule has 26 heavy (non-hydrogen) atoms. The van der Waals surface area contributed by atoms with E-state index in [2.05, 4.69) is 6.92 Å². The van der Waals surface area contributed by atoms with Crippen LogP contribution in [0.5, 0.6) is 0 Å². The molecular formula is C21H42O5. The van der Waals surface area contributed by atoms with Crippen molar-refractivity contribution in [1.82, 2.24) is 0 Å². The van der Waals surface area contributed by atoms with Crippen LogP contribution in [-0.4, -0.2) is 50.7 Å². The van der Waals surface area contributed by atoms with Gasteiger partial charge in [0.1, 0.15) is 0 Å². The Morgan fingerprint density at radius 1 is 0.731 bits per heavy atom. The molecule has 3 unspecified atom stereocenters. The van der Waals surface area contributed by atoms with Crippen LogP contribution < -0.4 is 0 Å². The highest BCUT2D eigenvalue weighted by atomic mass is 16.5. The number of carboxylic acid groups (broad SMARTS) is 1. The van der Waals surface area contributed by atoms with Crippen molar-refractivity contribution in [1.29, 1.82) is 0 Å². The van der Waals surface area contributed by atoms with E-state index in [4.69, 9.17) is 19.3 Å². The van der Waals surface area contributed by atoms with Crippen LogP contribution in [0.1, 0.15) is 90.4 Å². The monoisotopic (exact) mass is 374 g/mol. The van der Waals surface area contributed by atoms with Gasteiger partial charge in [0.2, 0.25) is 0 Å².